The Morgan fingerprint density at radius 2 is 1.56 bits per heavy atom. The Hall–Kier alpha value is -4.01. The van der Waals surface area contributed by atoms with Crippen molar-refractivity contribution in [3.8, 4) is 11.3 Å². The summed E-state index contributed by atoms with van der Waals surface area (Å²) in [6, 6.07) is 10.4. The number of benzene rings is 1. The van der Waals surface area contributed by atoms with Crippen LogP contribution < -0.4 is 0 Å². The molecule has 0 amide bonds. The first-order valence-corrected chi connectivity index (χ1v) is 10.0. The van der Waals surface area contributed by atoms with Crippen molar-refractivity contribution in [2.45, 2.75) is 19.9 Å². The van der Waals surface area contributed by atoms with Crippen LogP contribution in [0.3, 0.4) is 0 Å². The summed E-state index contributed by atoms with van der Waals surface area (Å²) < 4.78 is 33.3. The highest BCUT2D eigenvalue weighted by Gasteiger charge is 2.29. The molecule has 5 aromatic rings. The van der Waals surface area contributed by atoms with Crippen LogP contribution in [-0.4, -0.2) is 34.5 Å². The number of aromatic nitrogens is 7. The maximum atomic E-state index is 14.9. The number of rotatable bonds is 4. The zero-order valence-corrected chi connectivity index (χ0v) is 17.7. The van der Waals surface area contributed by atoms with E-state index in [-0.39, 0.29) is 11.4 Å². The standard InChI is InChI=1S/C23H19F2N7/c1-13-22(31(3)30-29-13)15-8-9-18-19(12-15)32(14(2)28-18)23(20-16(24)6-4-10-26-20)21-17(25)7-5-11-27-21/h4-12,23H,1-3H3. The number of hydrogen-bond donors (Lipinski definition) is 0. The number of imidazole rings is 1. The molecular formula is C23H19F2N7. The first kappa shape index (κ1) is 19.9. The quantitative estimate of drug-likeness (QED) is 0.427. The molecule has 0 fully saturated rings. The van der Waals surface area contributed by atoms with Gasteiger partial charge in [0.1, 0.15) is 34.9 Å². The van der Waals surface area contributed by atoms with E-state index >= 15 is 0 Å². The molecule has 0 atom stereocenters. The van der Waals surface area contributed by atoms with E-state index < -0.39 is 17.7 Å². The van der Waals surface area contributed by atoms with Crippen molar-refractivity contribution >= 4 is 11.0 Å². The number of nitrogens with zero attached hydrogens (tertiary/aromatic N) is 7. The Morgan fingerprint density at radius 1 is 0.906 bits per heavy atom. The number of halogens is 2. The molecule has 0 N–H and O–H groups in total. The maximum absolute atomic E-state index is 14.9. The van der Waals surface area contributed by atoms with Crippen molar-refractivity contribution in [1.29, 1.82) is 0 Å². The van der Waals surface area contributed by atoms with Gasteiger partial charge in [-0.1, -0.05) is 11.3 Å². The summed E-state index contributed by atoms with van der Waals surface area (Å²) in [7, 11) is 1.82. The fourth-order valence-electron chi connectivity index (χ4n) is 4.12. The molecule has 0 radical (unpaired) electrons. The minimum atomic E-state index is -0.941. The van der Waals surface area contributed by atoms with Crippen LogP contribution in [0.1, 0.15) is 28.9 Å². The van der Waals surface area contributed by atoms with E-state index in [2.05, 4.69) is 25.3 Å². The molecule has 160 valence electrons. The first-order valence-electron chi connectivity index (χ1n) is 10.0. The SMILES string of the molecule is Cc1nnn(C)c1-c1ccc2nc(C)n(C(c3ncccc3F)c3ncccc3F)c2c1. The van der Waals surface area contributed by atoms with E-state index in [4.69, 9.17) is 0 Å². The Kier molecular flexibility index (Phi) is 4.73. The first-order chi connectivity index (χ1) is 15.5. The van der Waals surface area contributed by atoms with Crippen LogP contribution in [-0.2, 0) is 7.05 Å². The van der Waals surface area contributed by atoms with Crippen LogP contribution in [0, 0.1) is 25.5 Å². The lowest BCUT2D eigenvalue weighted by Crippen LogP contribution is -2.19. The molecule has 0 bridgehead atoms. The van der Waals surface area contributed by atoms with Gasteiger partial charge in [-0.25, -0.2) is 18.4 Å². The molecule has 7 nitrogen and oxygen atoms in total. The van der Waals surface area contributed by atoms with Crippen molar-refractivity contribution in [3.05, 3.63) is 89.4 Å². The average molecular weight is 431 g/mol. The third kappa shape index (κ3) is 3.13. The normalized spacial score (nSPS) is 11.6. The lowest BCUT2D eigenvalue weighted by Gasteiger charge is -2.21. The van der Waals surface area contributed by atoms with Gasteiger partial charge in [-0.05, 0) is 50.2 Å². The fraction of sp³-hybridized carbons (Fsp3) is 0.174. The van der Waals surface area contributed by atoms with Gasteiger partial charge in [0.2, 0.25) is 0 Å². The second-order valence-electron chi connectivity index (χ2n) is 7.52. The van der Waals surface area contributed by atoms with E-state index in [0.29, 0.717) is 16.9 Å². The van der Waals surface area contributed by atoms with Crippen molar-refractivity contribution in [2.24, 2.45) is 7.05 Å². The molecule has 9 heteroatoms. The fourth-order valence-corrected chi connectivity index (χ4v) is 4.12. The third-order valence-electron chi connectivity index (χ3n) is 5.48. The molecule has 5 rings (SSSR count). The van der Waals surface area contributed by atoms with E-state index in [1.807, 2.05) is 32.2 Å². The molecular weight excluding hydrogens is 412 g/mol. The molecule has 0 saturated carbocycles. The highest BCUT2D eigenvalue weighted by molar-refractivity contribution is 5.83. The summed E-state index contributed by atoms with van der Waals surface area (Å²) >= 11 is 0. The lowest BCUT2D eigenvalue weighted by molar-refractivity contribution is 0.519. The third-order valence-corrected chi connectivity index (χ3v) is 5.48. The predicted octanol–water partition coefficient (Wildman–Crippen LogP) is 4.15. The summed E-state index contributed by atoms with van der Waals surface area (Å²) in [6.07, 6.45) is 2.97. The van der Waals surface area contributed by atoms with Gasteiger partial charge < -0.3 is 4.57 Å². The second-order valence-corrected chi connectivity index (χ2v) is 7.52. The predicted molar refractivity (Wildman–Crippen MR) is 115 cm³/mol. The maximum Gasteiger partial charge on any atom is 0.147 e. The van der Waals surface area contributed by atoms with Crippen LogP contribution in [0.4, 0.5) is 8.78 Å². The Labute approximate surface area is 182 Å². The largest absolute Gasteiger partial charge is 0.313 e. The van der Waals surface area contributed by atoms with Gasteiger partial charge in [-0.2, -0.15) is 0 Å². The highest BCUT2D eigenvalue weighted by Crippen LogP contribution is 2.34. The molecule has 0 saturated heterocycles. The van der Waals surface area contributed by atoms with Gasteiger partial charge in [-0.3, -0.25) is 9.97 Å². The Balaban J connectivity index is 1.82. The highest BCUT2D eigenvalue weighted by atomic mass is 19.1. The number of pyridine rings is 2. The van der Waals surface area contributed by atoms with Crippen molar-refractivity contribution in [3.63, 3.8) is 0 Å². The number of aryl methyl sites for hydroxylation is 3. The van der Waals surface area contributed by atoms with Gasteiger partial charge in [0, 0.05) is 25.0 Å². The van der Waals surface area contributed by atoms with Gasteiger partial charge in [0.15, 0.2) is 0 Å². The summed E-state index contributed by atoms with van der Waals surface area (Å²) in [5, 5.41) is 8.20. The summed E-state index contributed by atoms with van der Waals surface area (Å²) in [4.78, 5) is 13.1. The van der Waals surface area contributed by atoms with Gasteiger partial charge in [-0.15, -0.1) is 5.10 Å². The molecule has 32 heavy (non-hydrogen) atoms. The monoisotopic (exact) mass is 431 g/mol. The number of fused-ring (bicyclic) bond motifs is 1. The molecule has 4 aromatic heterocycles. The molecule has 0 spiro atoms. The van der Waals surface area contributed by atoms with E-state index in [1.165, 1.54) is 36.7 Å². The lowest BCUT2D eigenvalue weighted by atomic mass is 10.1. The Bertz CT molecular complexity index is 1390. The van der Waals surface area contributed by atoms with Crippen LogP contribution in [0.25, 0.3) is 22.3 Å². The summed E-state index contributed by atoms with van der Waals surface area (Å²) in [6.45, 7) is 3.68. The molecule has 0 unspecified atom stereocenters. The molecule has 0 aliphatic carbocycles. The van der Waals surface area contributed by atoms with Crippen LogP contribution in [0.5, 0.6) is 0 Å². The van der Waals surface area contributed by atoms with Crippen molar-refractivity contribution in [2.75, 3.05) is 0 Å². The smallest absolute Gasteiger partial charge is 0.147 e. The summed E-state index contributed by atoms with van der Waals surface area (Å²) in [5.74, 6) is -0.518. The minimum absolute atomic E-state index is 0.0660. The van der Waals surface area contributed by atoms with Gasteiger partial charge in [0.25, 0.3) is 0 Å². The van der Waals surface area contributed by atoms with Crippen LogP contribution in [0.15, 0.2) is 54.9 Å². The topological polar surface area (TPSA) is 74.3 Å². The van der Waals surface area contributed by atoms with E-state index in [0.717, 1.165) is 17.0 Å². The van der Waals surface area contributed by atoms with Crippen molar-refractivity contribution < 1.29 is 8.78 Å². The molecule has 0 aliphatic rings. The Morgan fingerprint density at radius 3 is 2.12 bits per heavy atom. The second kappa shape index (κ2) is 7.60. The molecule has 4 heterocycles. The molecule has 1 aromatic carbocycles. The van der Waals surface area contributed by atoms with Gasteiger partial charge >= 0.3 is 0 Å². The van der Waals surface area contributed by atoms with Gasteiger partial charge in [0.05, 0.1) is 22.4 Å². The van der Waals surface area contributed by atoms with E-state index in [1.54, 1.807) is 16.2 Å². The minimum Gasteiger partial charge on any atom is -0.313 e. The van der Waals surface area contributed by atoms with Crippen LogP contribution in [0.2, 0.25) is 0 Å². The summed E-state index contributed by atoms with van der Waals surface area (Å²) in [5.41, 5.74) is 4.01. The zero-order chi connectivity index (χ0) is 22.4. The zero-order valence-electron chi connectivity index (χ0n) is 17.7. The van der Waals surface area contributed by atoms with E-state index in [9.17, 15) is 8.78 Å². The average Bonchev–Trinajstić information content (AvgIpc) is 3.28. The van der Waals surface area contributed by atoms with Crippen molar-refractivity contribution in [1.82, 2.24) is 34.5 Å². The molecule has 0 aliphatic heterocycles. The number of hydrogen-bond acceptors (Lipinski definition) is 5. The van der Waals surface area contributed by atoms with Crippen LogP contribution >= 0.6 is 0 Å².